The number of benzene rings is 2. The Morgan fingerprint density at radius 3 is 2.58 bits per heavy atom. The molecule has 2 aromatic carbocycles. The topological polar surface area (TPSA) is 58.6 Å². The van der Waals surface area contributed by atoms with Crippen LogP contribution in [0.1, 0.15) is 11.1 Å². The summed E-state index contributed by atoms with van der Waals surface area (Å²) in [7, 11) is -3.45. The second-order valence-corrected chi connectivity index (χ2v) is 7.66. The van der Waals surface area contributed by atoms with Crippen LogP contribution in [0.4, 0.5) is 11.4 Å². The Kier molecular flexibility index (Phi) is 5.06. The van der Waals surface area contributed by atoms with E-state index < -0.39 is 10.0 Å². The fourth-order valence-electron chi connectivity index (χ4n) is 2.78. The van der Waals surface area contributed by atoms with Crippen molar-refractivity contribution in [3.63, 3.8) is 0 Å². The zero-order valence-corrected chi connectivity index (χ0v) is 14.6. The third-order valence-corrected chi connectivity index (χ3v) is 5.34. The lowest BCUT2D eigenvalue weighted by atomic mass is 10.1. The Hall–Kier alpha value is -2.05. The predicted octanol–water partition coefficient (Wildman–Crippen LogP) is 2.77. The molecule has 0 spiro atoms. The van der Waals surface area contributed by atoms with Gasteiger partial charge in [0.15, 0.2) is 0 Å². The van der Waals surface area contributed by atoms with Crippen molar-refractivity contribution >= 4 is 21.4 Å². The molecule has 24 heavy (non-hydrogen) atoms. The summed E-state index contributed by atoms with van der Waals surface area (Å²) in [6, 6.07) is 15.0. The number of hydrogen-bond donors (Lipinski definition) is 1. The molecule has 0 saturated carbocycles. The van der Waals surface area contributed by atoms with Crippen molar-refractivity contribution in [2.45, 2.75) is 12.7 Å². The molecule has 6 heteroatoms. The van der Waals surface area contributed by atoms with Gasteiger partial charge in [-0.3, -0.25) is 4.72 Å². The summed E-state index contributed by atoms with van der Waals surface area (Å²) in [5.74, 6) is -0.0263. The molecule has 1 heterocycles. The van der Waals surface area contributed by atoms with E-state index in [0.717, 1.165) is 29.9 Å². The van der Waals surface area contributed by atoms with Crippen molar-refractivity contribution < 1.29 is 13.2 Å². The van der Waals surface area contributed by atoms with E-state index in [-0.39, 0.29) is 5.75 Å². The number of nitrogens with zero attached hydrogens (tertiary/aromatic N) is 1. The van der Waals surface area contributed by atoms with E-state index in [4.69, 9.17) is 4.74 Å². The Balaban J connectivity index is 1.74. The number of ether oxygens (including phenoxy) is 1. The molecule has 3 rings (SSSR count). The highest BCUT2D eigenvalue weighted by Crippen LogP contribution is 2.22. The van der Waals surface area contributed by atoms with E-state index in [9.17, 15) is 8.42 Å². The van der Waals surface area contributed by atoms with Crippen LogP contribution in [-0.2, 0) is 20.5 Å². The molecular formula is C18H22N2O3S. The monoisotopic (exact) mass is 346 g/mol. The molecule has 0 radical (unpaired) electrons. The van der Waals surface area contributed by atoms with Crippen LogP contribution in [0.3, 0.4) is 0 Å². The quantitative estimate of drug-likeness (QED) is 0.904. The zero-order chi connectivity index (χ0) is 17.0. The minimum absolute atomic E-state index is 0.0263. The molecule has 0 atom stereocenters. The van der Waals surface area contributed by atoms with Crippen LogP contribution in [-0.4, -0.2) is 34.7 Å². The normalized spacial score (nSPS) is 15.3. The van der Waals surface area contributed by atoms with Gasteiger partial charge in [-0.25, -0.2) is 8.42 Å². The first kappa shape index (κ1) is 16.8. The van der Waals surface area contributed by atoms with Crippen molar-refractivity contribution in [1.82, 2.24) is 0 Å². The third-order valence-electron chi connectivity index (χ3n) is 4.10. The van der Waals surface area contributed by atoms with Crippen LogP contribution in [0.15, 0.2) is 48.5 Å². The number of hydrogen-bond acceptors (Lipinski definition) is 4. The number of sulfonamides is 1. The van der Waals surface area contributed by atoms with E-state index >= 15 is 0 Å². The van der Waals surface area contributed by atoms with Crippen LogP contribution in [0, 0.1) is 6.92 Å². The van der Waals surface area contributed by atoms with E-state index in [1.54, 1.807) is 6.07 Å². The lowest BCUT2D eigenvalue weighted by Crippen LogP contribution is -2.36. The molecule has 1 aliphatic heterocycles. The largest absolute Gasteiger partial charge is 0.378 e. The van der Waals surface area contributed by atoms with Crippen molar-refractivity contribution in [1.29, 1.82) is 0 Å². The first-order chi connectivity index (χ1) is 11.5. The van der Waals surface area contributed by atoms with Crippen LogP contribution in [0.2, 0.25) is 0 Å². The fourth-order valence-corrected chi connectivity index (χ4v) is 4.07. The van der Waals surface area contributed by atoms with Gasteiger partial charge in [-0.1, -0.05) is 30.3 Å². The highest BCUT2D eigenvalue weighted by molar-refractivity contribution is 7.91. The molecular weight excluding hydrogens is 324 g/mol. The molecule has 5 nitrogen and oxygen atoms in total. The number of aryl methyl sites for hydroxylation is 1. The number of anilines is 2. The van der Waals surface area contributed by atoms with Crippen molar-refractivity contribution in [3.8, 4) is 0 Å². The van der Waals surface area contributed by atoms with Gasteiger partial charge in [-0.15, -0.1) is 0 Å². The second kappa shape index (κ2) is 7.23. The maximum atomic E-state index is 12.5. The fraction of sp³-hybridized carbons (Fsp3) is 0.333. The molecule has 0 aromatic heterocycles. The maximum Gasteiger partial charge on any atom is 0.236 e. The summed E-state index contributed by atoms with van der Waals surface area (Å²) >= 11 is 0. The molecule has 1 aliphatic rings. The molecule has 1 N–H and O–H groups in total. The number of morpholine rings is 1. The van der Waals surface area contributed by atoms with E-state index in [1.807, 2.05) is 49.4 Å². The van der Waals surface area contributed by atoms with Gasteiger partial charge in [0.05, 0.1) is 24.7 Å². The van der Waals surface area contributed by atoms with Gasteiger partial charge in [0.25, 0.3) is 0 Å². The van der Waals surface area contributed by atoms with Gasteiger partial charge in [-0.05, 0) is 36.2 Å². The van der Waals surface area contributed by atoms with E-state index in [0.29, 0.717) is 18.9 Å². The van der Waals surface area contributed by atoms with Gasteiger partial charge in [0.2, 0.25) is 10.0 Å². The summed E-state index contributed by atoms with van der Waals surface area (Å²) in [6.07, 6.45) is 0. The summed E-state index contributed by atoms with van der Waals surface area (Å²) in [6.45, 7) is 4.95. The van der Waals surface area contributed by atoms with Crippen molar-refractivity contribution in [2.24, 2.45) is 0 Å². The van der Waals surface area contributed by atoms with E-state index in [1.165, 1.54) is 0 Å². The predicted molar refractivity (Wildman–Crippen MR) is 96.9 cm³/mol. The molecule has 0 bridgehead atoms. The summed E-state index contributed by atoms with van der Waals surface area (Å²) in [5, 5.41) is 0. The van der Waals surface area contributed by atoms with Crippen LogP contribution >= 0.6 is 0 Å². The molecule has 0 aliphatic carbocycles. The number of rotatable bonds is 5. The summed E-state index contributed by atoms with van der Waals surface area (Å²) in [4.78, 5) is 2.20. The van der Waals surface area contributed by atoms with Crippen LogP contribution in [0.25, 0.3) is 0 Å². The molecule has 128 valence electrons. The first-order valence-corrected chi connectivity index (χ1v) is 9.66. The molecule has 2 aromatic rings. The van der Waals surface area contributed by atoms with E-state index in [2.05, 4.69) is 9.62 Å². The maximum absolute atomic E-state index is 12.5. The Bertz CT molecular complexity index is 799. The van der Waals surface area contributed by atoms with Gasteiger partial charge < -0.3 is 9.64 Å². The minimum atomic E-state index is -3.45. The Morgan fingerprint density at radius 1 is 1.08 bits per heavy atom. The van der Waals surface area contributed by atoms with Crippen LogP contribution in [0.5, 0.6) is 0 Å². The standard InChI is InChI=1S/C18H22N2O3S/c1-15-5-2-3-6-16(15)14-24(21,22)19-17-7-4-8-18(13-17)20-9-11-23-12-10-20/h2-8,13,19H,9-12,14H2,1H3. The van der Waals surface area contributed by atoms with Crippen LogP contribution < -0.4 is 9.62 Å². The smallest absolute Gasteiger partial charge is 0.236 e. The highest BCUT2D eigenvalue weighted by Gasteiger charge is 2.15. The number of nitrogens with one attached hydrogen (secondary N) is 1. The zero-order valence-electron chi connectivity index (χ0n) is 13.7. The summed E-state index contributed by atoms with van der Waals surface area (Å²) in [5.41, 5.74) is 3.39. The van der Waals surface area contributed by atoms with Gasteiger partial charge in [0, 0.05) is 18.8 Å². The Morgan fingerprint density at radius 2 is 1.83 bits per heavy atom. The first-order valence-electron chi connectivity index (χ1n) is 8.01. The van der Waals surface area contributed by atoms with Gasteiger partial charge >= 0.3 is 0 Å². The lowest BCUT2D eigenvalue weighted by molar-refractivity contribution is 0.122. The Labute approximate surface area is 143 Å². The van der Waals surface area contributed by atoms with Crippen molar-refractivity contribution in [3.05, 3.63) is 59.7 Å². The average Bonchev–Trinajstić information content (AvgIpc) is 2.57. The second-order valence-electron chi connectivity index (χ2n) is 5.94. The van der Waals surface area contributed by atoms with Crippen molar-refractivity contribution in [2.75, 3.05) is 35.9 Å². The average molecular weight is 346 g/mol. The minimum Gasteiger partial charge on any atom is -0.378 e. The summed E-state index contributed by atoms with van der Waals surface area (Å²) < 4.78 is 33.0. The molecule has 0 amide bonds. The lowest BCUT2D eigenvalue weighted by Gasteiger charge is -2.29. The third kappa shape index (κ3) is 4.27. The van der Waals surface area contributed by atoms with Gasteiger partial charge in [-0.2, -0.15) is 0 Å². The molecule has 0 unspecified atom stereocenters. The molecule has 1 fully saturated rings. The highest BCUT2D eigenvalue weighted by atomic mass is 32.2. The SMILES string of the molecule is Cc1ccccc1CS(=O)(=O)Nc1cccc(N2CCOCC2)c1. The molecule has 1 saturated heterocycles. The van der Waals surface area contributed by atoms with Gasteiger partial charge in [0.1, 0.15) is 0 Å².